The first-order valence-corrected chi connectivity index (χ1v) is 6.95. The zero-order valence-corrected chi connectivity index (χ0v) is 11.6. The topological polar surface area (TPSA) is 46.2 Å². The highest BCUT2D eigenvalue weighted by molar-refractivity contribution is 5.37. The predicted molar refractivity (Wildman–Crippen MR) is 68.5 cm³/mol. The summed E-state index contributed by atoms with van der Waals surface area (Å²) in [7, 11) is 1.66. The summed E-state index contributed by atoms with van der Waals surface area (Å²) in [5.74, 6) is -0.677. The molecule has 5 nitrogen and oxygen atoms in total. The molecule has 3 saturated heterocycles. The molecule has 1 aromatic rings. The van der Waals surface area contributed by atoms with Crippen LogP contribution in [0.25, 0.3) is 0 Å². The lowest BCUT2D eigenvalue weighted by Gasteiger charge is -2.46. The van der Waals surface area contributed by atoms with Gasteiger partial charge in [0.2, 0.25) is 0 Å². The molecule has 5 rings (SSSR count). The van der Waals surface area contributed by atoms with E-state index >= 15 is 0 Å². The first-order valence-electron chi connectivity index (χ1n) is 6.95. The van der Waals surface area contributed by atoms with E-state index in [0.29, 0.717) is 6.61 Å². The lowest BCUT2D eigenvalue weighted by atomic mass is 9.81. The van der Waals surface area contributed by atoms with Crippen LogP contribution in [0.4, 0.5) is 0 Å². The molecule has 0 N–H and O–H groups in total. The van der Waals surface area contributed by atoms with Gasteiger partial charge in [-0.3, -0.25) is 0 Å². The van der Waals surface area contributed by atoms with Gasteiger partial charge in [0, 0.05) is 24.7 Å². The van der Waals surface area contributed by atoms with Gasteiger partial charge in [0.1, 0.15) is 0 Å². The summed E-state index contributed by atoms with van der Waals surface area (Å²) in [6.07, 6.45) is 1.05. The second kappa shape index (κ2) is 4.26. The van der Waals surface area contributed by atoms with Crippen molar-refractivity contribution in [2.45, 2.75) is 43.5 Å². The van der Waals surface area contributed by atoms with E-state index in [1.54, 1.807) is 7.11 Å². The molecular weight excluding hydrogens is 260 g/mol. The van der Waals surface area contributed by atoms with Crippen molar-refractivity contribution < 1.29 is 24.0 Å². The molecule has 4 atom stereocenters. The third-order valence-corrected chi connectivity index (χ3v) is 4.51. The van der Waals surface area contributed by atoms with Gasteiger partial charge in [-0.25, -0.2) is 9.78 Å². The molecule has 4 aliphatic heterocycles. The highest BCUT2D eigenvalue weighted by Crippen LogP contribution is 2.51. The summed E-state index contributed by atoms with van der Waals surface area (Å²) in [4.78, 5) is 11.3. The van der Waals surface area contributed by atoms with Gasteiger partial charge in [-0.1, -0.05) is 24.3 Å². The normalized spacial score (nSPS) is 42.7. The van der Waals surface area contributed by atoms with Crippen molar-refractivity contribution in [3.05, 3.63) is 35.4 Å². The standard InChI is InChI=1S/C15H18O5/c1-14-8-7-12-15(9-17-14,20-19-14)11-6-4-3-5-10(11)13(16-2)18-12/h3-6,12-13H,7-9H2,1-2H3/t12-,13?,14+,15+/m1/s1. The fourth-order valence-corrected chi connectivity index (χ4v) is 3.32. The maximum atomic E-state index is 6.10. The van der Waals surface area contributed by atoms with E-state index in [-0.39, 0.29) is 12.4 Å². The second-order valence-electron chi connectivity index (χ2n) is 5.80. The van der Waals surface area contributed by atoms with Crippen molar-refractivity contribution in [2.24, 2.45) is 0 Å². The molecule has 1 spiro atoms. The smallest absolute Gasteiger partial charge is 0.198 e. The molecule has 4 heterocycles. The average Bonchev–Trinajstić information content (AvgIpc) is 2.73. The summed E-state index contributed by atoms with van der Waals surface area (Å²) in [6.45, 7) is 2.33. The van der Waals surface area contributed by atoms with Crippen LogP contribution in [0.5, 0.6) is 0 Å². The molecule has 1 unspecified atom stereocenters. The maximum absolute atomic E-state index is 6.10. The quantitative estimate of drug-likeness (QED) is 0.738. The van der Waals surface area contributed by atoms with Crippen LogP contribution in [0.1, 0.15) is 37.2 Å². The van der Waals surface area contributed by atoms with E-state index in [1.165, 1.54) is 0 Å². The highest BCUT2D eigenvalue weighted by Gasteiger charge is 2.58. The highest BCUT2D eigenvalue weighted by atomic mass is 17.3. The second-order valence-corrected chi connectivity index (χ2v) is 5.80. The Kier molecular flexibility index (Phi) is 2.71. The van der Waals surface area contributed by atoms with Crippen LogP contribution in [-0.2, 0) is 29.6 Å². The van der Waals surface area contributed by atoms with E-state index in [2.05, 4.69) is 0 Å². The summed E-state index contributed by atoms with van der Waals surface area (Å²) in [5.41, 5.74) is 1.32. The molecule has 0 saturated carbocycles. The monoisotopic (exact) mass is 278 g/mol. The van der Waals surface area contributed by atoms with E-state index in [9.17, 15) is 0 Å². The number of ether oxygens (including phenoxy) is 3. The lowest BCUT2D eigenvalue weighted by Crippen LogP contribution is -2.54. The van der Waals surface area contributed by atoms with Crippen molar-refractivity contribution in [1.29, 1.82) is 0 Å². The van der Waals surface area contributed by atoms with Crippen LogP contribution in [0.3, 0.4) is 0 Å². The first-order chi connectivity index (χ1) is 9.67. The minimum atomic E-state index is -0.693. The van der Waals surface area contributed by atoms with Crippen molar-refractivity contribution in [2.75, 3.05) is 13.7 Å². The van der Waals surface area contributed by atoms with Crippen molar-refractivity contribution in [1.82, 2.24) is 0 Å². The molecule has 1 aromatic carbocycles. The lowest BCUT2D eigenvalue weighted by molar-refractivity contribution is -0.516. The van der Waals surface area contributed by atoms with E-state index in [1.807, 2.05) is 31.2 Å². The Morgan fingerprint density at radius 2 is 2.10 bits per heavy atom. The number of benzene rings is 1. The fourth-order valence-electron chi connectivity index (χ4n) is 3.32. The molecule has 3 fully saturated rings. The predicted octanol–water partition coefficient (Wildman–Crippen LogP) is 2.41. The van der Waals surface area contributed by atoms with E-state index in [4.69, 9.17) is 24.0 Å². The Bertz CT molecular complexity index is 521. The molecule has 0 aliphatic carbocycles. The van der Waals surface area contributed by atoms with Gasteiger partial charge >= 0.3 is 0 Å². The molecule has 4 aliphatic rings. The molecule has 0 radical (unpaired) electrons. The molecular formula is C15H18O5. The number of fused-ring (bicyclic) bond motifs is 4. The Hall–Kier alpha value is -0.980. The van der Waals surface area contributed by atoms with Gasteiger partial charge in [-0.05, 0) is 13.3 Å². The molecule has 0 aromatic heterocycles. The molecule has 0 amide bonds. The van der Waals surface area contributed by atoms with Gasteiger partial charge < -0.3 is 14.2 Å². The Labute approximate surface area is 117 Å². The minimum Gasteiger partial charge on any atom is -0.352 e. The van der Waals surface area contributed by atoms with Gasteiger partial charge in [-0.2, -0.15) is 0 Å². The molecule has 108 valence electrons. The Morgan fingerprint density at radius 3 is 2.85 bits per heavy atom. The summed E-state index contributed by atoms with van der Waals surface area (Å²) in [6, 6.07) is 8.00. The van der Waals surface area contributed by atoms with Crippen LogP contribution in [-0.4, -0.2) is 25.6 Å². The van der Waals surface area contributed by atoms with Crippen LogP contribution in [0.15, 0.2) is 24.3 Å². The Balaban J connectivity index is 1.85. The van der Waals surface area contributed by atoms with E-state index < -0.39 is 11.4 Å². The SMILES string of the molecule is COC1O[C@@H]2CC[C@@]3(C)OC[C@]2(OO3)c2ccccc21. The van der Waals surface area contributed by atoms with Crippen LogP contribution >= 0.6 is 0 Å². The summed E-state index contributed by atoms with van der Waals surface area (Å²) >= 11 is 0. The summed E-state index contributed by atoms with van der Waals surface area (Å²) in [5, 5.41) is 0. The molecule has 20 heavy (non-hydrogen) atoms. The number of methoxy groups -OCH3 is 1. The van der Waals surface area contributed by atoms with Gasteiger partial charge in [0.15, 0.2) is 17.7 Å². The zero-order chi connectivity index (χ0) is 13.8. The van der Waals surface area contributed by atoms with Gasteiger partial charge in [0.05, 0.1) is 12.7 Å². The maximum Gasteiger partial charge on any atom is 0.198 e. The number of hydrogen-bond acceptors (Lipinski definition) is 5. The first kappa shape index (κ1) is 12.7. The number of hydrogen-bond donors (Lipinski definition) is 0. The zero-order valence-electron chi connectivity index (χ0n) is 11.6. The van der Waals surface area contributed by atoms with Gasteiger partial charge in [-0.15, -0.1) is 0 Å². The van der Waals surface area contributed by atoms with Crippen LogP contribution in [0, 0.1) is 0 Å². The van der Waals surface area contributed by atoms with Crippen LogP contribution in [0.2, 0.25) is 0 Å². The summed E-state index contributed by atoms with van der Waals surface area (Å²) < 4.78 is 17.5. The molecule has 2 bridgehead atoms. The average molecular weight is 278 g/mol. The van der Waals surface area contributed by atoms with Crippen molar-refractivity contribution in [3.63, 3.8) is 0 Å². The van der Waals surface area contributed by atoms with Crippen molar-refractivity contribution in [3.8, 4) is 0 Å². The minimum absolute atomic E-state index is 0.133. The third-order valence-electron chi connectivity index (χ3n) is 4.51. The third kappa shape index (κ3) is 1.61. The van der Waals surface area contributed by atoms with E-state index in [0.717, 1.165) is 24.0 Å². The van der Waals surface area contributed by atoms with Crippen LogP contribution < -0.4 is 0 Å². The van der Waals surface area contributed by atoms with Gasteiger partial charge in [0.25, 0.3) is 0 Å². The molecule has 5 heteroatoms. The number of rotatable bonds is 1. The Morgan fingerprint density at radius 1 is 1.25 bits per heavy atom. The largest absolute Gasteiger partial charge is 0.352 e. The van der Waals surface area contributed by atoms with Crippen molar-refractivity contribution >= 4 is 0 Å². The fraction of sp³-hybridized carbons (Fsp3) is 0.600.